The van der Waals surface area contributed by atoms with Crippen LogP contribution < -0.4 is 31.9 Å². The van der Waals surface area contributed by atoms with Crippen LogP contribution in [0.1, 0.15) is 78.0 Å². The van der Waals surface area contributed by atoms with E-state index in [0.717, 1.165) is 117 Å². The Labute approximate surface area is 542 Å². The summed E-state index contributed by atoms with van der Waals surface area (Å²) in [5.41, 5.74) is 20.7. The van der Waals surface area contributed by atoms with Crippen LogP contribution in [0, 0.1) is 0 Å². The van der Waals surface area contributed by atoms with Crippen molar-refractivity contribution in [3.8, 4) is 84.0 Å². The summed E-state index contributed by atoms with van der Waals surface area (Å²) in [6, 6.07) is 84.5. The Kier molecular flexibility index (Phi) is 14.0. The van der Waals surface area contributed by atoms with Crippen LogP contribution in [0.5, 0.6) is 0 Å². The highest BCUT2D eigenvalue weighted by Gasteiger charge is 2.35. The molecule has 16 rings (SSSR count). The van der Waals surface area contributed by atoms with Crippen molar-refractivity contribution in [3.05, 3.63) is 306 Å². The van der Waals surface area contributed by atoms with Crippen molar-refractivity contribution in [2.24, 2.45) is 0 Å². The summed E-state index contributed by atoms with van der Waals surface area (Å²) in [4.78, 5) is 42.8. The molecule has 94 heavy (non-hydrogen) atoms. The molecule has 6 amide bonds. The van der Waals surface area contributed by atoms with E-state index in [4.69, 9.17) is 10.2 Å². The standard InChI is InChI=1S/C79H62N12O3/c1-79(2,3)67-47-70(91(88-67)51-24-8-5-9-25-51)83-78(94)86-74-62-33-16-12-29-58(62)71-54(35-19-37-64(71)74)48-39-41-52(42-40-48)90-69(46-66(87-90)49-21-6-4-7-22-49)82-77(93)85-75-63-34-17-13-30-59(63)72-55(36-20-38-65(72)75)50-23-18-26-53(45-50)89-68(43-44-80-89)81-76(92)84-73-60-31-14-10-27-56(60)57-28-11-15-32-61(57)73/h4-47,73-75H,1-3H3,(H2,81,84,92)(H2,82,85,93)(H2,83,86,94). The molecule has 6 N–H and O–H groups in total. The summed E-state index contributed by atoms with van der Waals surface area (Å²) in [5, 5.41) is 34.0. The van der Waals surface area contributed by atoms with E-state index in [9.17, 15) is 14.4 Å². The number of rotatable bonds is 12. The van der Waals surface area contributed by atoms with Crippen LogP contribution in [0.3, 0.4) is 0 Å². The molecule has 3 aliphatic rings. The van der Waals surface area contributed by atoms with Gasteiger partial charge in [0.15, 0.2) is 0 Å². The van der Waals surface area contributed by atoms with Crippen LogP contribution in [-0.4, -0.2) is 47.4 Å². The van der Waals surface area contributed by atoms with Crippen LogP contribution in [-0.2, 0) is 5.41 Å². The molecule has 3 aliphatic carbocycles. The first-order valence-corrected chi connectivity index (χ1v) is 31.4. The first-order valence-electron chi connectivity index (χ1n) is 31.4. The average molecular weight is 1230 g/mol. The van der Waals surface area contributed by atoms with Crippen molar-refractivity contribution in [2.75, 3.05) is 16.0 Å². The number of anilines is 3. The number of hydrogen-bond donors (Lipinski definition) is 6. The van der Waals surface area contributed by atoms with Crippen LogP contribution in [0.2, 0.25) is 0 Å². The molecule has 13 aromatic rings. The van der Waals surface area contributed by atoms with Gasteiger partial charge in [0.05, 0.1) is 52.8 Å². The lowest BCUT2D eigenvalue weighted by Gasteiger charge is -2.18. The lowest BCUT2D eigenvalue weighted by molar-refractivity contribution is 0.249. The fourth-order valence-electron chi connectivity index (χ4n) is 13.7. The molecule has 10 aromatic carbocycles. The molecule has 0 radical (unpaired) electrons. The third kappa shape index (κ3) is 10.2. The molecule has 0 saturated carbocycles. The maximum atomic E-state index is 14.8. The van der Waals surface area contributed by atoms with E-state index < -0.39 is 18.1 Å². The van der Waals surface area contributed by atoms with Gasteiger partial charge in [0, 0.05) is 29.2 Å². The molecule has 3 heterocycles. The van der Waals surface area contributed by atoms with E-state index in [1.807, 2.05) is 158 Å². The molecule has 2 unspecified atom stereocenters. The van der Waals surface area contributed by atoms with E-state index >= 15 is 0 Å². The van der Waals surface area contributed by atoms with E-state index in [2.05, 4.69) is 155 Å². The van der Waals surface area contributed by atoms with Crippen LogP contribution in [0.15, 0.2) is 267 Å². The summed E-state index contributed by atoms with van der Waals surface area (Å²) >= 11 is 0. The Bertz CT molecular complexity index is 5070. The summed E-state index contributed by atoms with van der Waals surface area (Å²) < 4.78 is 5.28. The van der Waals surface area contributed by atoms with Gasteiger partial charge in [-0.05, 0) is 125 Å². The Morgan fingerprint density at radius 2 is 0.755 bits per heavy atom. The zero-order valence-corrected chi connectivity index (χ0v) is 51.5. The van der Waals surface area contributed by atoms with E-state index in [-0.39, 0.29) is 23.5 Å². The first-order chi connectivity index (χ1) is 46.0. The van der Waals surface area contributed by atoms with Crippen molar-refractivity contribution in [2.45, 2.75) is 44.3 Å². The molecular weight excluding hydrogens is 1160 g/mol. The minimum absolute atomic E-state index is 0.246. The van der Waals surface area contributed by atoms with E-state index in [1.54, 1.807) is 26.3 Å². The monoisotopic (exact) mass is 1230 g/mol. The Hall–Kier alpha value is -12.4. The second kappa shape index (κ2) is 23.1. The highest BCUT2D eigenvalue weighted by Crippen LogP contribution is 2.50. The Morgan fingerprint density at radius 3 is 1.33 bits per heavy atom. The van der Waals surface area contributed by atoms with Gasteiger partial charge in [-0.2, -0.15) is 15.3 Å². The van der Waals surface area contributed by atoms with Gasteiger partial charge < -0.3 is 16.0 Å². The maximum Gasteiger partial charge on any atom is 0.321 e. The molecule has 0 fully saturated rings. The number of para-hydroxylation sites is 1. The largest absolute Gasteiger partial charge is 0.327 e. The van der Waals surface area contributed by atoms with Crippen molar-refractivity contribution in [3.63, 3.8) is 0 Å². The number of urea groups is 3. The van der Waals surface area contributed by atoms with Gasteiger partial charge >= 0.3 is 18.1 Å². The summed E-state index contributed by atoms with van der Waals surface area (Å²) in [6.07, 6.45) is 1.67. The lowest BCUT2D eigenvalue weighted by Crippen LogP contribution is -2.33. The minimum atomic E-state index is -0.495. The highest BCUT2D eigenvalue weighted by atomic mass is 16.2. The Morgan fingerprint density at radius 1 is 0.340 bits per heavy atom. The van der Waals surface area contributed by atoms with Gasteiger partial charge in [0.1, 0.15) is 17.5 Å². The van der Waals surface area contributed by atoms with Gasteiger partial charge in [0.2, 0.25) is 0 Å². The van der Waals surface area contributed by atoms with Crippen molar-refractivity contribution in [1.29, 1.82) is 0 Å². The van der Waals surface area contributed by atoms with Gasteiger partial charge in [-0.15, -0.1) is 0 Å². The SMILES string of the molecule is CC(C)(C)c1cc(NC(=O)NC2c3ccccc3-c3c(-c4ccc(-n5nc(-c6ccccc6)cc5NC(=O)NC5c6ccccc6-c6c(-c7cccc(-n8nccc8NC(=O)NC8c9ccccc9-c9ccccc98)c7)cccc65)cc4)cccc32)n(-c2ccccc2)n1. The predicted octanol–water partition coefficient (Wildman–Crippen LogP) is 17.2. The van der Waals surface area contributed by atoms with Gasteiger partial charge in [-0.25, -0.2) is 28.4 Å². The smallest absolute Gasteiger partial charge is 0.321 e. The molecule has 0 aliphatic heterocycles. The van der Waals surface area contributed by atoms with Gasteiger partial charge in [-0.3, -0.25) is 16.0 Å². The number of nitrogens with one attached hydrogen (secondary N) is 6. The molecular formula is C79H62N12O3. The molecule has 2 atom stereocenters. The van der Waals surface area contributed by atoms with Crippen molar-refractivity contribution >= 4 is 35.5 Å². The molecule has 0 saturated heterocycles. The van der Waals surface area contributed by atoms with Gasteiger partial charge in [-0.1, -0.05) is 227 Å². The summed E-state index contributed by atoms with van der Waals surface area (Å²) in [7, 11) is 0. The van der Waals surface area contributed by atoms with Crippen LogP contribution in [0.4, 0.5) is 31.8 Å². The molecule has 3 aromatic heterocycles. The maximum absolute atomic E-state index is 14.8. The average Bonchev–Trinajstić information content (AvgIpc) is 1.63. The normalized spacial score (nSPS) is 14.0. The fraction of sp³-hybridized carbons (Fsp3) is 0.0886. The molecule has 15 nitrogen and oxygen atoms in total. The van der Waals surface area contributed by atoms with Crippen LogP contribution in [0.25, 0.3) is 84.0 Å². The third-order valence-electron chi connectivity index (χ3n) is 18.0. The molecule has 0 bridgehead atoms. The second-order valence-electron chi connectivity index (χ2n) is 24.8. The van der Waals surface area contributed by atoms with Crippen LogP contribution >= 0.6 is 0 Å². The lowest BCUT2D eigenvalue weighted by atomic mass is 9.92. The first kappa shape index (κ1) is 56.8. The second-order valence-corrected chi connectivity index (χ2v) is 24.8. The molecule has 15 heteroatoms. The number of hydrogen-bond acceptors (Lipinski definition) is 6. The summed E-state index contributed by atoms with van der Waals surface area (Å²) in [6.45, 7) is 6.32. The number of nitrogens with zero attached hydrogens (tertiary/aromatic N) is 6. The molecule has 456 valence electrons. The third-order valence-corrected chi connectivity index (χ3v) is 18.0. The van der Waals surface area contributed by atoms with E-state index in [0.29, 0.717) is 23.1 Å². The number of amides is 6. The molecule has 0 spiro atoms. The number of fused-ring (bicyclic) bond motifs is 9. The fourth-order valence-corrected chi connectivity index (χ4v) is 13.7. The topological polar surface area (TPSA) is 177 Å². The quantitative estimate of drug-likeness (QED) is 0.0709. The zero-order valence-electron chi connectivity index (χ0n) is 51.5. The van der Waals surface area contributed by atoms with Gasteiger partial charge in [0.25, 0.3) is 0 Å². The minimum Gasteiger partial charge on any atom is -0.327 e. The Balaban J connectivity index is 0.656. The number of aromatic nitrogens is 6. The van der Waals surface area contributed by atoms with E-state index in [1.165, 1.54) is 0 Å². The van der Waals surface area contributed by atoms with Crippen molar-refractivity contribution in [1.82, 2.24) is 45.3 Å². The summed E-state index contributed by atoms with van der Waals surface area (Å²) in [5.74, 6) is 1.56. The highest BCUT2D eigenvalue weighted by molar-refractivity contribution is 5.98. The zero-order chi connectivity index (χ0) is 63.6. The number of carbonyl (C=O) groups excluding carboxylic acids is 3. The number of carbonyl (C=O) groups is 3. The number of benzene rings is 10. The van der Waals surface area contributed by atoms with Crippen molar-refractivity contribution < 1.29 is 14.4 Å². The predicted molar refractivity (Wildman–Crippen MR) is 370 cm³/mol.